The SMILES string of the molecule is CN(C)C(=O)c1cccnc1Cc1cccnc1. The van der Waals surface area contributed by atoms with Crippen molar-refractivity contribution in [3.63, 3.8) is 0 Å². The lowest BCUT2D eigenvalue weighted by molar-refractivity contribution is 0.0826. The van der Waals surface area contributed by atoms with Crippen molar-refractivity contribution in [3.8, 4) is 0 Å². The van der Waals surface area contributed by atoms with Crippen LogP contribution in [0.2, 0.25) is 0 Å². The van der Waals surface area contributed by atoms with Gasteiger partial charge in [-0.15, -0.1) is 0 Å². The summed E-state index contributed by atoms with van der Waals surface area (Å²) >= 11 is 0. The van der Waals surface area contributed by atoms with E-state index in [2.05, 4.69) is 9.97 Å². The smallest absolute Gasteiger partial charge is 0.255 e. The van der Waals surface area contributed by atoms with Crippen LogP contribution in [0.15, 0.2) is 42.9 Å². The molecule has 2 heterocycles. The van der Waals surface area contributed by atoms with Crippen LogP contribution in [-0.4, -0.2) is 34.9 Å². The molecule has 2 rings (SSSR count). The third kappa shape index (κ3) is 2.71. The van der Waals surface area contributed by atoms with Crippen LogP contribution in [0.3, 0.4) is 0 Å². The van der Waals surface area contributed by atoms with Crippen LogP contribution in [0.25, 0.3) is 0 Å². The lowest BCUT2D eigenvalue weighted by Crippen LogP contribution is -2.23. The molecule has 0 atom stereocenters. The predicted molar refractivity (Wildman–Crippen MR) is 69.3 cm³/mol. The molecule has 0 fully saturated rings. The molecule has 2 aromatic rings. The lowest BCUT2D eigenvalue weighted by atomic mass is 10.1. The van der Waals surface area contributed by atoms with Gasteiger partial charge in [0.15, 0.2) is 0 Å². The Hall–Kier alpha value is -2.23. The van der Waals surface area contributed by atoms with Crippen molar-refractivity contribution in [1.29, 1.82) is 0 Å². The molecular weight excluding hydrogens is 226 g/mol. The highest BCUT2D eigenvalue weighted by molar-refractivity contribution is 5.95. The first-order chi connectivity index (χ1) is 8.68. The van der Waals surface area contributed by atoms with Gasteiger partial charge in [-0.05, 0) is 23.8 Å². The molecule has 0 aliphatic rings. The zero-order valence-electron chi connectivity index (χ0n) is 10.5. The fraction of sp³-hybridized carbons (Fsp3) is 0.214. The van der Waals surface area contributed by atoms with E-state index in [1.165, 1.54) is 0 Å². The number of aromatic nitrogens is 2. The minimum atomic E-state index is -0.0259. The summed E-state index contributed by atoms with van der Waals surface area (Å²) in [6, 6.07) is 7.45. The number of carbonyl (C=O) groups is 1. The number of nitrogens with zero attached hydrogens (tertiary/aromatic N) is 3. The normalized spacial score (nSPS) is 10.1. The molecule has 0 aromatic carbocycles. The van der Waals surface area contributed by atoms with Crippen LogP contribution in [0.1, 0.15) is 21.6 Å². The van der Waals surface area contributed by atoms with Crippen LogP contribution in [0, 0.1) is 0 Å². The Bertz CT molecular complexity index is 538. The van der Waals surface area contributed by atoms with E-state index in [0.29, 0.717) is 12.0 Å². The van der Waals surface area contributed by atoms with Crippen molar-refractivity contribution in [1.82, 2.24) is 14.9 Å². The largest absolute Gasteiger partial charge is 0.345 e. The van der Waals surface area contributed by atoms with Crippen molar-refractivity contribution in [3.05, 3.63) is 59.7 Å². The van der Waals surface area contributed by atoms with E-state index >= 15 is 0 Å². The Morgan fingerprint density at radius 1 is 1.22 bits per heavy atom. The maximum absolute atomic E-state index is 12.0. The molecule has 0 aliphatic heterocycles. The minimum Gasteiger partial charge on any atom is -0.345 e. The van der Waals surface area contributed by atoms with E-state index in [1.54, 1.807) is 49.7 Å². The summed E-state index contributed by atoms with van der Waals surface area (Å²) in [6.07, 6.45) is 5.84. The topological polar surface area (TPSA) is 46.1 Å². The molecule has 4 nitrogen and oxygen atoms in total. The van der Waals surface area contributed by atoms with Gasteiger partial charge in [0, 0.05) is 39.1 Å². The van der Waals surface area contributed by atoms with E-state index in [4.69, 9.17) is 0 Å². The second-order valence-corrected chi connectivity index (χ2v) is 4.24. The molecule has 0 saturated heterocycles. The fourth-order valence-corrected chi connectivity index (χ4v) is 1.71. The highest BCUT2D eigenvalue weighted by Gasteiger charge is 2.13. The number of rotatable bonds is 3. The van der Waals surface area contributed by atoms with Gasteiger partial charge in [0.25, 0.3) is 5.91 Å². The molecule has 0 N–H and O–H groups in total. The molecular formula is C14H15N3O. The summed E-state index contributed by atoms with van der Waals surface area (Å²) in [7, 11) is 3.48. The molecule has 18 heavy (non-hydrogen) atoms. The van der Waals surface area contributed by atoms with Crippen LogP contribution < -0.4 is 0 Å². The lowest BCUT2D eigenvalue weighted by Gasteiger charge is -2.13. The van der Waals surface area contributed by atoms with Gasteiger partial charge in [0.05, 0.1) is 11.3 Å². The third-order valence-corrected chi connectivity index (χ3v) is 2.62. The van der Waals surface area contributed by atoms with Gasteiger partial charge in [0.2, 0.25) is 0 Å². The monoisotopic (exact) mass is 241 g/mol. The van der Waals surface area contributed by atoms with Gasteiger partial charge in [-0.2, -0.15) is 0 Å². The first-order valence-corrected chi connectivity index (χ1v) is 5.73. The number of carbonyl (C=O) groups excluding carboxylic acids is 1. The van der Waals surface area contributed by atoms with Crippen LogP contribution in [-0.2, 0) is 6.42 Å². The van der Waals surface area contributed by atoms with Crippen molar-refractivity contribution in [2.45, 2.75) is 6.42 Å². The van der Waals surface area contributed by atoms with Gasteiger partial charge < -0.3 is 4.90 Å². The zero-order valence-corrected chi connectivity index (χ0v) is 10.5. The summed E-state index contributed by atoms with van der Waals surface area (Å²) in [5.74, 6) is -0.0259. The minimum absolute atomic E-state index is 0.0259. The Kier molecular flexibility index (Phi) is 3.67. The summed E-state index contributed by atoms with van der Waals surface area (Å²) in [4.78, 5) is 22.0. The molecule has 2 aromatic heterocycles. The molecule has 0 saturated carbocycles. The Balaban J connectivity index is 2.31. The standard InChI is InChI=1S/C14H15N3O/c1-17(2)14(18)12-6-4-8-16-13(12)9-11-5-3-7-15-10-11/h3-8,10H,9H2,1-2H3. The maximum Gasteiger partial charge on any atom is 0.255 e. The first kappa shape index (κ1) is 12.2. The summed E-state index contributed by atoms with van der Waals surface area (Å²) in [5.41, 5.74) is 2.47. The zero-order chi connectivity index (χ0) is 13.0. The van der Waals surface area contributed by atoms with Gasteiger partial charge in [-0.1, -0.05) is 6.07 Å². The van der Waals surface area contributed by atoms with Gasteiger partial charge in [0.1, 0.15) is 0 Å². The molecule has 4 heteroatoms. The Labute approximate surface area is 106 Å². The van der Waals surface area contributed by atoms with E-state index in [1.807, 2.05) is 12.1 Å². The second-order valence-electron chi connectivity index (χ2n) is 4.24. The van der Waals surface area contributed by atoms with E-state index in [9.17, 15) is 4.79 Å². The van der Waals surface area contributed by atoms with Crippen LogP contribution in [0.5, 0.6) is 0 Å². The second kappa shape index (κ2) is 5.40. The Morgan fingerprint density at radius 3 is 2.67 bits per heavy atom. The first-order valence-electron chi connectivity index (χ1n) is 5.73. The van der Waals surface area contributed by atoms with Crippen molar-refractivity contribution in [2.24, 2.45) is 0 Å². The highest BCUT2D eigenvalue weighted by Crippen LogP contribution is 2.12. The van der Waals surface area contributed by atoms with Crippen LogP contribution >= 0.6 is 0 Å². The summed E-state index contributed by atoms with van der Waals surface area (Å²) in [5, 5.41) is 0. The highest BCUT2D eigenvalue weighted by atomic mass is 16.2. The molecule has 92 valence electrons. The van der Waals surface area contributed by atoms with E-state index in [-0.39, 0.29) is 5.91 Å². The predicted octanol–water partition coefficient (Wildman–Crippen LogP) is 1.77. The maximum atomic E-state index is 12.0. The number of pyridine rings is 2. The van der Waals surface area contributed by atoms with Gasteiger partial charge in [-0.3, -0.25) is 14.8 Å². The molecule has 0 aliphatic carbocycles. The number of hydrogen-bond acceptors (Lipinski definition) is 3. The summed E-state index contributed by atoms with van der Waals surface area (Å²) in [6.45, 7) is 0. The molecule has 0 spiro atoms. The number of hydrogen-bond donors (Lipinski definition) is 0. The van der Waals surface area contributed by atoms with E-state index < -0.39 is 0 Å². The molecule has 0 bridgehead atoms. The van der Waals surface area contributed by atoms with Gasteiger partial charge in [-0.25, -0.2) is 0 Å². The fourth-order valence-electron chi connectivity index (χ4n) is 1.71. The van der Waals surface area contributed by atoms with Crippen molar-refractivity contribution >= 4 is 5.91 Å². The molecule has 0 unspecified atom stereocenters. The molecule has 1 amide bonds. The third-order valence-electron chi connectivity index (χ3n) is 2.62. The summed E-state index contributed by atoms with van der Waals surface area (Å²) < 4.78 is 0. The quantitative estimate of drug-likeness (QED) is 0.822. The number of amides is 1. The van der Waals surface area contributed by atoms with E-state index in [0.717, 1.165) is 11.3 Å². The van der Waals surface area contributed by atoms with Crippen molar-refractivity contribution in [2.75, 3.05) is 14.1 Å². The van der Waals surface area contributed by atoms with Crippen molar-refractivity contribution < 1.29 is 4.79 Å². The van der Waals surface area contributed by atoms with Gasteiger partial charge >= 0.3 is 0 Å². The van der Waals surface area contributed by atoms with Crippen LogP contribution in [0.4, 0.5) is 0 Å². The molecule has 0 radical (unpaired) electrons. The average Bonchev–Trinajstić information content (AvgIpc) is 2.39. The average molecular weight is 241 g/mol. The Morgan fingerprint density at radius 2 is 2.00 bits per heavy atom.